The highest BCUT2D eigenvalue weighted by atomic mass is 79.9. The SMILES string of the molecule is COCC(CBr)NC(=O)c1cn(C)nc1C. The topological polar surface area (TPSA) is 56.1 Å². The molecule has 1 N–H and O–H groups in total. The van der Waals surface area contributed by atoms with E-state index in [0.717, 1.165) is 5.69 Å². The number of ether oxygens (including phenoxy) is 1. The summed E-state index contributed by atoms with van der Waals surface area (Å²) in [4.78, 5) is 11.9. The summed E-state index contributed by atoms with van der Waals surface area (Å²) in [7, 11) is 3.40. The highest BCUT2D eigenvalue weighted by molar-refractivity contribution is 9.09. The largest absolute Gasteiger partial charge is 0.383 e. The molecular formula is C10H16BrN3O2. The van der Waals surface area contributed by atoms with Crippen LogP contribution in [0.5, 0.6) is 0 Å². The van der Waals surface area contributed by atoms with Crippen molar-refractivity contribution in [3.63, 3.8) is 0 Å². The van der Waals surface area contributed by atoms with Crippen molar-refractivity contribution in [3.05, 3.63) is 17.5 Å². The molecule has 1 heterocycles. The van der Waals surface area contributed by atoms with Crippen LogP contribution in [0.3, 0.4) is 0 Å². The van der Waals surface area contributed by atoms with Crippen molar-refractivity contribution in [1.82, 2.24) is 15.1 Å². The minimum absolute atomic E-state index is 0.0305. The monoisotopic (exact) mass is 289 g/mol. The Kier molecular flexibility index (Phi) is 4.95. The normalized spacial score (nSPS) is 12.5. The summed E-state index contributed by atoms with van der Waals surface area (Å²) in [6.45, 7) is 2.30. The number of alkyl halides is 1. The van der Waals surface area contributed by atoms with Crippen molar-refractivity contribution in [3.8, 4) is 0 Å². The van der Waals surface area contributed by atoms with E-state index in [1.54, 1.807) is 25.0 Å². The molecule has 0 saturated heterocycles. The van der Waals surface area contributed by atoms with Crippen LogP contribution in [0.15, 0.2) is 6.20 Å². The number of methoxy groups -OCH3 is 1. The molecule has 0 aromatic carbocycles. The molecule has 1 rings (SSSR count). The first-order chi connectivity index (χ1) is 7.58. The van der Waals surface area contributed by atoms with E-state index >= 15 is 0 Å². The second-order valence-electron chi connectivity index (χ2n) is 3.58. The Morgan fingerprint density at radius 3 is 2.88 bits per heavy atom. The zero-order valence-corrected chi connectivity index (χ0v) is 11.2. The zero-order valence-electron chi connectivity index (χ0n) is 9.66. The fraction of sp³-hybridized carbons (Fsp3) is 0.600. The Bertz CT molecular complexity index is 365. The fourth-order valence-electron chi connectivity index (χ4n) is 1.41. The molecular weight excluding hydrogens is 274 g/mol. The van der Waals surface area contributed by atoms with Crippen molar-refractivity contribution in [2.24, 2.45) is 7.05 Å². The first-order valence-electron chi connectivity index (χ1n) is 4.94. The predicted molar refractivity (Wildman–Crippen MR) is 64.9 cm³/mol. The minimum atomic E-state index is -0.118. The molecule has 5 nitrogen and oxygen atoms in total. The molecule has 0 saturated carbocycles. The van der Waals surface area contributed by atoms with Crippen LogP contribution in [0.2, 0.25) is 0 Å². The minimum Gasteiger partial charge on any atom is -0.383 e. The number of aryl methyl sites for hydroxylation is 2. The van der Waals surface area contributed by atoms with Gasteiger partial charge in [0.15, 0.2) is 0 Å². The highest BCUT2D eigenvalue weighted by Crippen LogP contribution is 2.05. The van der Waals surface area contributed by atoms with Gasteiger partial charge in [0.2, 0.25) is 0 Å². The lowest BCUT2D eigenvalue weighted by Crippen LogP contribution is -2.39. The second-order valence-corrected chi connectivity index (χ2v) is 4.23. The number of aromatic nitrogens is 2. The third-order valence-electron chi connectivity index (χ3n) is 2.15. The van der Waals surface area contributed by atoms with E-state index in [9.17, 15) is 4.79 Å². The molecule has 0 fully saturated rings. The fourth-order valence-corrected chi connectivity index (χ4v) is 1.76. The van der Waals surface area contributed by atoms with Gasteiger partial charge in [-0.05, 0) is 6.92 Å². The quantitative estimate of drug-likeness (QED) is 0.819. The number of rotatable bonds is 5. The number of amides is 1. The van der Waals surface area contributed by atoms with Crippen molar-refractivity contribution in [1.29, 1.82) is 0 Å². The van der Waals surface area contributed by atoms with Gasteiger partial charge in [-0.15, -0.1) is 0 Å². The van der Waals surface area contributed by atoms with Gasteiger partial charge in [-0.25, -0.2) is 0 Å². The lowest BCUT2D eigenvalue weighted by Gasteiger charge is -2.14. The Morgan fingerprint density at radius 2 is 2.44 bits per heavy atom. The van der Waals surface area contributed by atoms with Gasteiger partial charge in [-0.1, -0.05) is 15.9 Å². The van der Waals surface area contributed by atoms with E-state index in [1.165, 1.54) is 0 Å². The maximum atomic E-state index is 11.9. The summed E-state index contributed by atoms with van der Waals surface area (Å²) in [5.41, 5.74) is 1.33. The molecule has 0 bridgehead atoms. The Hall–Kier alpha value is -0.880. The van der Waals surface area contributed by atoms with Gasteiger partial charge in [0.25, 0.3) is 5.91 Å². The van der Waals surface area contributed by atoms with Gasteiger partial charge in [0, 0.05) is 25.7 Å². The Labute approximate surface area is 103 Å². The van der Waals surface area contributed by atoms with E-state index in [0.29, 0.717) is 17.5 Å². The van der Waals surface area contributed by atoms with Crippen LogP contribution in [0.4, 0.5) is 0 Å². The molecule has 0 spiro atoms. The average Bonchev–Trinajstić information content (AvgIpc) is 2.57. The number of carbonyl (C=O) groups excluding carboxylic acids is 1. The molecule has 6 heteroatoms. The first kappa shape index (κ1) is 13.2. The van der Waals surface area contributed by atoms with Gasteiger partial charge in [0.1, 0.15) is 0 Å². The van der Waals surface area contributed by atoms with Crippen LogP contribution < -0.4 is 5.32 Å². The number of hydrogen-bond donors (Lipinski definition) is 1. The van der Waals surface area contributed by atoms with E-state index in [2.05, 4.69) is 26.3 Å². The predicted octanol–water partition coefficient (Wildman–Crippen LogP) is 0.868. The summed E-state index contributed by atoms with van der Waals surface area (Å²) < 4.78 is 6.63. The molecule has 90 valence electrons. The van der Waals surface area contributed by atoms with E-state index < -0.39 is 0 Å². The van der Waals surface area contributed by atoms with Crippen LogP contribution in [-0.2, 0) is 11.8 Å². The summed E-state index contributed by atoms with van der Waals surface area (Å²) in [5, 5.41) is 7.66. The smallest absolute Gasteiger partial charge is 0.255 e. The van der Waals surface area contributed by atoms with Crippen LogP contribution in [0, 0.1) is 6.92 Å². The van der Waals surface area contributed by atoms with Crippen LogP contribution in [0.1, 0.15) is 16.1 Å². The van der Waals surface area contributed by atoms with Gasteiger partial charge >= 0.3 is 0 Å². The number of nitrogens with zero attached hydrogens (tertiary/aromatic N) is 2. The summed E-state index contributed by atoms with van der Waals surface area (Å²) in [5.74, 6) is -0.118. The average molecular weight is 290 g/mol. The number of nitrogens with one attached hydrogen (secondary N) is 1. The third-order valence-corrected chi connectivity index (χ3v) is 2.93. The molecule has 16 heavy (non-hydrogen) atoms. The van der Waals surface area contributed by atoms with Gasteiger partial charge in [-0.2, -0.15) is 5.10 Å². The van der Waals surface area contributed by atoms with Crippen molar-refractivity contribution < 1.29 is 9.53 Å². The number of hydrogen-bond acceptors (Lipinski definition) is 3. The molecule has 0 aliphatic heterocycles. The standard InChI is InChI=1S/C10H16BrN3O2/c1-7-9(5-14(2)13-7)10(15)12-8(4-11)6-16-3/h5,8H,4,6H2,1-3H3,(H,12,15). The summed E-state index contributed by atoms with van der Waals surface area (Å²) >= 11 is 3.33. The van der Waals surface area contributed by atoms with Crippen LogP contribution >= 0.6 is 15.9 Å². The third kappa shape index (κ3) is 3.31. The molecule has 0 aliphatic carbocycles. The second kappa shape index (κ2) is 6.00. The molecule has 0 aliphatic rings. The first-order valence-corrected chi connectivity index (χ1v) is 6.06. The molecule has 1 aromatic rings. The van der Waals surface area contributed by atoms with E-state index in [1.807, 2.05) is 6.92 Å². The maximum Gasteiger partial charge on any atom is 0.255 e. The van der Waals surface area contributed by atoms with E-state index in [4.69, 9.17) is 4.74 Å². The molecule has 1 aromatic heterocycles. The molecule has 1 unspecified atom stereocenters. The number of halogens is 1. The van der Waals surface area contributed by atoms with Crippen molar-refractivity contribution >= 4 is 21.8 Å². The van der Waals surface area contributed by atoms with Gasteiger partial charge < -0.3 is 10.1 Å². The molecule has 1 amide bonds. The highest BCUT2D eigenvalue weighted by Gasteiger charge is 2.16. The zero-order chi connectivity index (χ0) is 12.1. The van der Waals surface area contributed by atoms with E-state index in [-0.39, 0.29) is 11.9 Å². The molecule has 0 radical (unpaired) electrons. The molecule has 1 atom stereocenters. The summed E-state index contributed by atoms with van der Waals surface area (Å²) in [6, 6.07) is -0.0305. The maximum absolute atomic E-state index is 11.9. The van der Waals surface area contributed by atoms with Crippen molar-refractivity contribution in [2.45, 2.75) is 13.0 Å². The van der Waals surface area contributed by atoms with Crippen LogP contribution in [0.25, 0.3) is 0 Å². The Morgan fingerprint density at radius 1 is 1.75 bits per heavy atom. The van der Waals surface area contributed by atoms with Gasteiger partial charge in [0.05, 0.1) is 23.9 Å². The lowest BCUT2D eigenvalue weighted by molar-refractivity contribution is 0.0907. The Balaban J connectivity index is 2.67. The van der Waals surface area contributed by atoms with Crippen LogP contribution in [-0.4, -0.2) is 40.8 Å². The number of carbonyl (C=O) groups is 1. The lowest BCUT2D eigenvalue weighted by atomic mass is 10.2. The van der Waals surface area contributed by atoms with Crippen molar-refractivity contribution in [2.75, 3.05) is 19.0 Å². The summed E-state index contributed by atoms with van der Waals surface area (Å²) in [6.07, 6.45) is 1.71. The van der Waals surface area contributed by atoms with Gasteiger partial charge in [-0.3, -0.25) is 9.48 Å².